The third-order valence-corrected chi connectivity index (χ3v) is 4.57. The fourth-order valence-corrected chi connectivity index (χ4v) is 3.18. The predicted molar refractivity (Wildman–Crippen MR) is 117 cm³/mol. The van der Waals surface area contributed by atoms with E-state index in [0.29, 0.717) is 5.56 Å². The van der Waals surface area contributed by atoms with Crippen molar-refractivity contribution in [2.45, 2.75) is 0 Å². The summed E-state index contributed by atoms with van der Waals surface area (Å²) in [5.41, 5.74) is 4.26. The number of pyridine rings is 1. The van der Waals surface area contributed by atoms with Crippen LogP contribution in [0.1, 0.15) is 10.4 Å². The third-order valence-electron chi connectivity index (χ3n) is 4.36. The number of hydrogen-bond donors (Lipinski definition) is 2. The van der Waals surface area contributed by atoms with Crippen molar-refractivity contribution in [2.24, 2.45) is 0 Å². The van der Waals surface area contributed by atoms with Gasteiger partial charge in [-0.25, -0.2) is 0 Å². The first-order chi connectivity index (χ1) is 13.7. The minimum atomic E-state index is -0.259. The fraction of sp³-hybridized carbons (Fsp3) is 0. The summed E-state index contributed by atoms with van der Waals surface area (Å²) in [4.78, 5) is 16.9. The molecule has 4 nitrogen and oxygen atoms in total. The summed E-state index contributed by atoms with van der Waals surface area (Å²) in [6.45, 7) is 0. The molecule has 0 aliphatic rings. The monoisotopic (exact) mass is 383 g/mol. The van der Waals surface area contributed by atoms with Gasteiger partial charge in [-0.15, -0.1) is 0 Å². The molecule has 0 radical (unpaired) electrons. The summed E-state index contributed by atoms with van der Waals surface area (Å²) >= 11 is 5.31. The van der Waals surface area contributed by atoms with Crippen molar-refractivity contribution >= 4 is 39.8 Å². The number of carbonyl (C=O) groups is 1. The molecule has 4 rings (SSSR count). The number of fused-ring (bicyclic) bond motifs is 1. The lowest BCUT2D eigenvalue weighted by atomic mass is 10.0. The number of nitrogens with zero attached hydrogens (tertiary/aromatic N) is 1. The number of aromatic nitrogens is 1. The number of nitrogens with one attached hydrogen (secondary N) is 2. The predicted octanol–water partition coefficient (Wildman–Crippen LogP) is 5.03. The summed E-state index contributed by atoms with van der Waals surface area (Å²) in [6.07, 6.45) is 1.73. The van der Waals surface area contributed by atoms with Gasteiger partial charge in [0.05, 0.1) is 11.2 Å². The van der Waals surface area contributed by atoms with E-state index in [1.807, 2.05) is 72.8 Å². The number of carbonyl (C=O) groups excluding carboxylic acids is 1. The van der Waals surface area contributed by atoms with Crippen LogP contribution in [0.4, 0.5) is 5.69 Å². The highest BCUT2D eigenvalue weighted by molar-refractivity contribution is 7.80. The standard InChI is InChI=1S/C23H17N3OS/c27-22(19-13-11-17(12-14-19)16-6-2-1-3-7-16)26-23(28)25-20-10-4-8-18-9-5-15-24-21(18)20/h1-15H,(H2,25,26,27,28). The van der Waals surface area contributed by atoms with Gasteiger partial charge in [-0.2, -0.15) is 0 Å². The van der Waals surface area contributed by atoms with Gasteiger partial charge in [-0.3, -0.25) is 15.1 Å². The highest BCUT2D eigenvalue weighted by Crippen LogP contribution is 2.21. The summed E-state index contributed by atoms with van der Waals surface area (Å²) in [5, 5.41) is 7.01. The zero-order chi connectivity index (χ0) is 19.3. The van der Waals surface area contributed by atoms with E-state index in [9.17, 15) is 4.79 Å². The Morgan fingerprint density at radius 3 is 2.29 bits per heavy atom. The molecule has 0 fully saturated rings. The minimum Gasteiger partial charge on any atom is -0.331 e. The quantitative estimate of drug-likeness (QED) is 0.487. The first kappa shape index (κ1) is 17.8. The Labute approximate surface area is 168 Å². The fourth-order valence-electron chi connectivity index (χ4n) is 2.98. The maximum absolute atomic E-state index is 12.5. The van der Waals surface area contributed by atoms with Crippen LogP contribution >= 0.6 is 12.2 Å². The van der Waals surface area contributed by atoms with Crippen LogP contribution in [0.3, 0.4) is 0 Å². The molecule has 0 aliphatic carbocycles. The Kier molecular flexibility index (Phi) is 5.08. The summed E-state index contributed by atoms with van der Waals surface area (Å²) in [7, 11) is 0. The maximum Gasteiger partial charge on any atom is 0.257 e. The largest absolute Gasteiger partial charge is 0.331 e. The van der Waals surface area contributed by atoms with Gasteiger partial charge >= 0.3 is 0 Å². The van der Waals surface area contributed by atoms with E-state index in [2.05, 4.69) is 15.6 Å². The summed E-state index contributed by atoms with van der Waals surface area (Å²) < 4.78 is 0. The second-order valence-corrected chi connectivity index (χ2v) is 6.64. The Morgan fingerprint density at radius 1 is 0.786 bits per heavy atom. The van der Waals surface area contributed by atoms with Crippen LogP contribution in [0.25, 0.3) is 22.0 Å². The molecule has 3 aromatic carbocycles. The van der Waals surface area contributed by atoms with Gasteiger partial charge in [0.2, 0.25) is 0 Å². The molecule has 0 saturated heterocycles. The molecule has 4 aromatic rings. The van der Waals surface area contributed by atoms with Crippen LogP contribution < -0.4 is 10.6 Å². The topological polar surface area (TPSA) is 54.0 Å². The van der Waals surface area contributed by atoms with E-state index in [1.54, 1.807) is 18.3 Å². The molecular weight excluding hydrogens is 366 g/mol. The van der Waals surface area contributed by atoms with E-state index in [-0.39, 0.29) is 11.0 Å². The number of thiocarbonyl (C=S) groups is 1. The molecule has 2 N–H and O–H groups in total. The molecule has 0 unspecified atom stereocenters. The van der Waals surface area contributed by atoms with Crippen LogP contribution in [-0.4, -0.2) is 16.0 Å². The molecule has 0 bridgehead atoms. The molecule has 0 saturated carbocycles. The van der Waals surface area contributed by atoms with E-state index >= 15 is 0 Å². The smallest absolute Gasteiger partial charge is 0.257 e. The molecule has 136 valence electrons. The number of hydrogen-bond acceptors (Lipinski definition) is 3. The molecule has 5 heteroatoms. The van der Waals surface area contributed by atoms with Crippen LogP contribution in [0.5, 0.6) is 0 Å². The number of anilines is 1. The molecule has 1 amide bonds. The van der Waals surface area contributed by atoms with Gasteiger partial charge in [0, 0.05) is 17.1 Å². The zero-order valence-corrected chi connectivity index (χ0v) is 15.7. The van der Waals surface area contributed by atoms with Crippen LogP contribution in [0.2, 0.25) is 0 Å². The van der Waals surface area contributed by atoms with Gasteiger partial charge < -0.3 is 5.32 Å². The lowest BCUT2D eigenvalue weighted by Crippen LogP contribution is -2.34. The van der Waals surface area contributed by atoms with Gasteiger partial charge in [-0.05, 0) is 47.6 Å². The van der Waals surface area contributed by atoms with Gasteiger partial charge in [0.25, 0.3) is 5.91 Å². The van der Waals surface area contributed by atoms with Crippen LogP contribution in [0, 0.1) is 0 Å². The number of para-hydroxylation sites is 1. The lowest BCUT2D eigenvalue weighted by molar-refractivity contribution is 0.0978. The van der Waals surface area contributed by atoms with Crippen molar-refractivity contribution in [2.75, 3.05) is 5.32 Å². The van der Waals surface area contributed by atoms with Crippen molar-refractivity contribution < 1.29 is 4.79 Å². The normalized spacial score (nSPS) is 10.4. The third kappa shape index (κ3) is 3.89. The van der Waals surface area contributed by atoms with E-state index < -0.39 is 0 Å². The highest BCUT2D eigenvalue weighted by atomic mass is 32.1. The van der Waals surface area contributed by atoms with E-state index in [4.69, 9.17) is 12.2 Å². The first-order valence-electron chi connectivity index (χ1n) is 8.82. The summed E-state index contributed by atoms with van der Waals surface area (Å²) in [5.74, 6) is -0.259. The zero-order valence-electron chi connectivity index (χ0n) is 14.9. The van der Waals surface area contributed by atoms with E-state index in [1.165, 1.54) is 0 Å². The average molecular weight is 383 g/mol. The Balaban J connectivity index is 1.45. The Morgan fingerprint density at radius 2 is 1.50 bits per heavy atom. The molecule has 0 aliphatic heterocycles. The lowest BCUT2D eigenvalue weighted by Gasteiger charge is -2.11. The van der Waals surface area contributed by atoms with Crippen molar-refractivity contribution in [3.8, 4) is 11.1 Å². The van der Waals surface area contributed by atoms with Crippen LogP contribution in [-0.2, 0) is 0 Å². The van der Waals surface area contributed by atoms with Crippen molar-refractivity contribution in [3.05, 3.63) is 96.7 Å². The van der Waals surface area contributed by atoms with Gasteiger partial charge in [0.1, 0.15) is 0 Å². The Hall–Kier alpha value is -3.57. The number of benzene rings is 3. The highest BCUT2D eigenvalue weighted by Gasteiger charge is 2.10. The molecule has 0 atom stereocenters. The molecular formula is C23H17N3OS. The first-order valence-corrected chi connectivity index (χ1v) is 9.23. The number of amides is 1. The van der Waals surface area contributed by atoms with Gasteiger partial charge in [0.15, 0.2) is 5.11 Å². The van der Waals surface area contributed by atoms with Crippen molar-refractivity contribution in [1.82, 2.24) is 10.3 Å². The maximum atomic E-state index is 12.5. The second-order valence-electron chi connectivity index (χ2n) is 6.23. The molecule has 1 heterocycles. The average Bonchev–Trinajstić information content (AvgIpc) is 2.75. The molecule has 1 aromatic heterocycles. The Bertz CT molecular complexity index is 1140. The van der Waals surface area contributed by atoms with Gasteiger partial charge in [-0.1, -0.05) is 60.7 Å². The molecule has 0 spiro atoms. The van der Waals surface area contributed by atoms with Crippen molar-refractivity contribution in [3.63, 3.8) is 0 Å². The summed E-state index contributed by atoms with van der Waals surface area (Å²) in [6, 6.07) is 27.1. The SMILES string of the molecule is O=C(NC(=S)Nc1cccc2cccnc12)c1ccc(-c2ccccc2)cc1. The number of rotatable bonds is 3. The van der Waals surface area contributed by atoms with Crippen molar-refractivity contribution in [1.29, 1.82) is 0 Å². The second kappa shape index (κ2) is 7.98. The van der Waals surface area contributed by atoms with Crippen LogP contribution in [0.15, 0.2) is 91.1 Å². The molecule has 28 heavy (non-hydrogen) atoms. The minimum absolute atomic E-state index is 0.232. The van der Waals surface area contributed by atoms with E-state index in [0.717, 1.165) is 27.7 Å².